The lowest BCUT2D eigenvalue weighted by atomic mass is 9.95. The van der Waals surface area contributed by atoms with Crippen molar-refractivity contribution >= 4 is 0 Å². The van der Waals surface area contributed by atoms with Crippen LogP contribution in [0.4, 0.5) is 0 Å². The van der Waals surface area contributed by atoms with E-state index in [0.29, 0.717) is 24.7 Å². The van der Waals surface area contributed by atoms with E-state index in [1.54, 1.807) is 0 Å². The summed E-state index contributed by atoms with van der Waals surface area (Å²) >= 11 is 0. The fraction of sp³-hybridized carbons (Fsp3) is 1.00. The van der Waals surface area contributed by atoms with Crippen LogP contribution in [0, 0.1) is 5.92 Å². The van der Waals surface area contributed by atoms with Gasteiger partial charge in [0, 0.05) is 19.3 Å². The minimum atomic E-state index is 0.337. The van der Waals surface area contributed by atoms with Crippen LogP contribution < -0.4 is 5.32 Å². The van der Waals surface area contributed by atoms with E-state index >= 15 is 0 Å². The molecular weight excluding hydrogens is 214 g/mol. The summed E-state index contributed by atoms with van der Waals surface area (Å²) in [5, 5.41) is 12.3. The zero-order chi connectivity index (χ0) is 12.5. The van der Waals surface area contributed by atoms with Gasteiger partial charge in [-0.1, -0.05) is 26.7 Å². The second kappa shape index (κ2) is 8.90. The molecule has 17 heavy (non-hydrogen) atoms. The molecule has 2 N–H and O–H groups in total. The van der Waals surface area contributed by atoms with E-state index in [-0.39, 0.29) is 0 Å². The summed E-state index contributed by atoms with van der Waals surface area (Å²) in [6, 6.07) is 0.647. The number of aliphatic hydroxyl groups is 1. The molecule has 0 radical (unpaired) electrons. The molecule has 0 aromatic heterocycles. The molecule has 0 aliphatic carbocycles. The van der Waals surface area contributed by atoms with Crippen molar-refractivity contribution in [3.63, 3.8) is 0 Å². The topological polar surface area (TPSA) is 41.5 Å². The molecule has 1 saturated heterocycles. The molecule has 0 spiro atoms. The molecular formula is C14H29NO2. The summed E-state index contributed by atoms with van der Waals surface area (Å²) in [5.41, 5.74) is 0. The molecule has 1 heterocycles. The molecule has 1 aliphatic rings. The van der Waals surface area contributed by atoms with Crippen LogP contribution in [0.3, 0.4) is 0 Å². The predicted molar refractivity (Wildman–Crippen MR) is 71.2 cm³/mol. The number of hydrogen-bond donors (Lipinski definition) is 2. The van der Waals surface area contributed by atoms with Gasteiger partial charge in [0.15, 0.2) is 0 Å². The number of hydrogen-bond acceptors (Lipinski definition) is 3. The molecule has 1 aliphatic heterocycles. The maximum atomic E-state index is 8.68. The number of unbranched alkanes of at least 4 members (excludes halogenated alkanes) is 3. The monoisotopic (exact) mass is 243 g/mol. The summed E-state index contributed by atoms with van der Waals surface area (Å²) < 4.78 is 5.76. The van der Waals surface area contributed by atoms with Crippen molar-refractivity contribution in [1.29, 1.82) is 0 Å². The van der Waals surface area contributed by atoms with Gasteiger partial charge in [0.1, 0.15) is 0 Å². The normalized spacial score (nSPS) is 25.4. The van der Waals surface area contributed by atoms with E-state index in [1.165, 1.54) is 12.8 Å². The molecule has 0 aromatic carbocycles. The molecule has 2 atom stereocenters. The first-order valence-electron chi connectivity index (χ1n) is 7.20. The SMILES string of the molecule is CC(C)C1CC(NCCCCCCO)CCO1. The minimum Gasteiger partial charge on any atom is -0.396 e. The number of aliphatic hydroxyl groups excluding tert-OH is 1. The summed E-state index contributed by atoms with van der Waals surface area (Å²) in [5.74, 6) is 0.629. The van der Waals surface area contributed by atoms with E-state index < -0.39 is 0 Å². The zero-order valence-corrected chi connectivity index (χ0v) is 11.5. The van der Waals surface area contributed by atoms with Crippen molar-refractivity contribution in [2.24, 2.45) is 5.92 Å². The average molecular weight is 243 g/mol. The van der Waals surface area contributed by atoms with E-state index in [1.807, 2.05) is 0 Å². The van der Waals surface area contributed by atoms with Crippen LogP contribution >= 0.6 is 0 Å². The molecule has 0 amide bonds. The molecule has 0 saturated carbocycles. The predicted octanol–water partition coefficient (Wildman–Crippen LogP) is 2.33. The van der Waals surface area contributed by atoms with Crippen molar-refractivity contribution in [2.75, 3.05) is 19.8 Å². The highest BCUT2D eigenvalue weighted by Crippen LogP contribution is 2.20. The fourth-order valence-electron chi connectivity index (χ4n) is 2.37. The Labute approximate surface area is 106 Å². The summed E-state index contributed by atoms with van der Waals surface area (Å²) in [7, 11) is 0. The Balaban J connectivity index is 2.02. The van der Waals surface area contributed by atoms with Gasteiger partial charge in [-0.05, 0) is 38.1 Å². The van der Waals surface area contributed by atoms with Crippen molar-refractivity contribution in [2.45, 2.75) is 64.5 Å². The number of nitrogens with one attached hydrogen (secondary N) is 1. The Morgan fingerprint density at radius 2 is 2.00 bits per heavy atom. The summed E-state index contributed by atoms with van der Waals surface area (Å²) in [6.07, 6.45) is 7.31. The molecule has 1 fully saturated rings. The quantitative estimate of drug-likeness (QED) is 0.643. The molecule has 0 aromatic rings. The van der Waals surface area contributed by atoms with E-state index in [9.17, 15) is 0 Å². The fourth-order valence-corrected chi connectivity index (χ4v) is 2.37. The first-order chi connectivity index (χ1) is 8.24. The van der Waals surface area contributed by atoms with Gasteiger partial charge in [0.25, 0.3) is 0 Å². The van der Waals surface area contributed by atoms with Gasteiger partial charge in [-0.3, -0.25) is 0 Å². The molecule has 0 bridgehead atoms. The highest BCUT2D eigenvalue weighted by Gasteiger charge is 2.24. The molecule has 3 heteroatoms. The second-order valence-electron chi connectivity index (χ2n) is 5.47. The lowest BCUT2D eigenvalue weighted by molar-refractivity contribution is -0.0242. The van der Waals surface area contributed by atoms with Gasteiger partial charge in [-0.2, -0.15) is 0 Å². The van der Waals surface area contributed by atoms with Crippen LogP contribution in [-0.4, -0.2) is 37.0 Å². The van der Waals surface area contributed by atoms with Gasteiger partial charge in [-0.25, -0.2) is 0 Å². The third-order valence-corrected chi connectivity index (χ3v) is 3.58. The maximum Gasteiger partial charge on any atom is 0.0612 e. The van der Waals surface area contributed by atoms with Crippen LogP contribution in [0.5, 0.6) is 0 Å². The number of ether oxygens (including phenoxy) is 1. The minimum absolute atomic E-state index is 0.337. The Bertz CT molecular complexity index is 185. The van der Waals surface area contributed by atoms with Crippen molar-refractivity contribution in [3.05, 3.63) is 0 Å². The Hall–Kier alpha value is -0.120. The first kappa shape index (κ1) is 14.9. The third-order valence-electron chi connectivity index (χ3n) is 3.58. The van der Waals surface area contributed by atoms with Crippen LogP contribution in [0.15, 0.2) is 0 Å². The van der Waals surface area contributed by atoms with Crippen LogP contribution in [0.1, 0.15) is 52.4 Å². The number of rotatable bonds is 8. The smallest absolute Gasteiger partial charge is 0.0612 e. The molecule has 102 valence electrons. The van der Waals surface area contributed by atoms with Gasteiger partial charge < -0.3 is 15.2 Å². The Kier molecular flexibility index (Phi) is 7.82. The Morgan fingerprint density at radius 1 is 1.24 bits per heavy atom. The molecule has 3 nitrogen and oxygen atoms in total. The summed E-state index contributed by atoms with van der Waals surface area (Å²) in [4.78, 5) is 0. The van der Waals surface area contributed by atoms with Gasteiger partial charge in [0.2, 0.25) is 0 Å². The standard InChI is InChI=1S/C14H29NO2/c1-12(2)14-11-13(7-10-17-14)15-8-5-3-4-6-9-16/h12-16H,3-11H2,1-2H3. The van der Waals surface area contributed by atoms with Crippen LogP contribution in [-0.2, 0) is 4.74 Å². The summed E-state index contributed by atoms with van der Waals surface area (Å²) in [6.45, 7) is 6.83. The lowest BCUT2D eigenvalue weighted by Crippen LogP contribution is -2.41. The largest absolute Gasteiger partial charge is 0.396 e. The zero-order valence-electron chi connectivity index (χ0n) is 11.5. The van der Waals surface area contributed by atoms with E-state index in [4.69, 9.17) is 9.84 Å². The highest BCUT2D eigenvalue weighted by molar-refractivity contribution is 4.78. The molecule has 1 rings (SSSR count). The van der Waals surface area contributed by atoms with Crippen LogP contribution in [0.25, 0.3) is 0 Å². The Morgan fingerprint density at radius 3 is 2.71 bits per heavy atom. The average Bonchev–Trinajstić information content (AvgIpc) is 2.34. The molecule has 2 unspecified atom stereocenters. The van der Waals surface area contributed by atoms with Crippen LogP contribution in [0.2, 0.25) is 0 Å². The first-order valence-corrected chi connectivity index (χ1v) is 7.20. The third kappa shape index (κ3) is 6.39. The second-order valence-corrected chi connectivity index (χ2v) is 5.47. The van der Waals surface area contributed by atoms with Gasteiger partial charge in [-0.15, -0.1) is 0 Å². The maximum absolute atomic E-state index is 8.68. The van der Waals surface area contributed by atoms with E-state index in [2.05, 4.69) is 19.2 Å². The highest BCUT2D eigenvalue weighted by atomic mass is 16.5. The van der Waals surface area contributed by atoms with Gasteiger partial charge in [0.05, 0.1) is 6.10 Å². The lowest BCUT2D eigenvalue weighted by Gasteiger charge is -2.32. The van der Waals surface area contributed by atoms with Gasteiger partial charge >= 0.3 is 0 Å². The van der Waals surface area contributed by atoms with Crippen molar-refractivity contribution in [3.8, 4) is 0 Å². The van der Waals surface area contributed by atoms with E-state index in [0.717, 1.165) is 38.8 Å². The van der Waals surface area contributed by atoms with Crippen molar-refractivity contribution in [1.82, 2.24) is 5.32 Å². The van der Waals surface area contributed by atoms with Crippen molar-refractivity contribution < 1.29 is 9.84 Å².